The van der Waals surface area contributed by atoms with Crippen LogP contribution in [0.5, 0.6) is 5.75 Å². The minimum atomic E-state index is 0.800. The van der Waals surface area contributed by atoms with Gasteiger partial charge in [-0.15, -0.1) is 0 Å². The summed E-state index contributed by atoms with van der Waals surface area (Å²) in [5.74, 6) is 0.949. The molecule has 0 heterocycles. The lowest BCUT2D eigenvalue weighted by Crippen LogP contribution is -2.07. The largest absolute Gasteiger partial charge is 0.497 e. The molecule has 0 N–H and O–H groups in total. The highest BCUT2D eigenvalue weighted by Gasteiger charge is 2.14. The van der Waals surface area contributed by atoms with Crippen molar-refractivity contribution in [2.75, 3.05) is 7.11 Å². The summed E-state index contributed by atoms with van der Waals surface area (Å²) in [6, 6.07) is 8.40. The van der Waals surface area contributed by atoms with Crippen molar-refractivity contribution in [2.45, 2.75) is 39.5 Å². The van der Waals surface area contributed by atoms with Crippen LogP contribution in [0.2, 0.25) is 0 Å². The highest BCUT2D eigenvalue weighted by atomic mass is 16.5. The Morgan fingerprint density at radius 3 is 1.59 bits per heavy atom. The van der Waals surface area contributed by atoms with E-state index in [1.807, 2.05) is 12.1 Å². The van der Waals surface area contributed by atoms with E-state index in [1.54, 1.807) is 7.11 Å². The van der Waals surface area contributed by atoms with E-state index in [9.17, 15) is 4.79 Å². The van der Waals surface area contributed by atoms with Gasteiger partial charge in [0.25, 0.3) is 0 Å². The van der Waals surface area contributed by atoms with Crippen molar-refractivity contribution in [1.29, 1.82) is 0 Å². The topological polar surface area (TPSA) is 26.3 Å². The zero-order valence-electron chi connectivity index (χ0n) is 13.5. The van der Waals surface area contributed by atoms with Crippen LogP contribution in [0.4, 0.5) is 0 Å². The number of aldehydes is 1. The van der Waals surface area contributed by atoms with Gasteiger partial charge in [0.2, 0.25) is 0 Å². The van der Waals surface area contributed by atoms with E-state index in [0.29, 0.717) is 0 Å². The normalized spacial score (nSPS) is 13.6. The Bertz CT molecular complexity index is 678. The Kier molecular flexibility index (Phi) is 4.02. The van der Waals surface area contributed by atoms with E-state index in [4.69, 9.17) is 4.74 Å². The molecular weight excluding hydrogens is 272 g/mol. The van der Waals surface area contributed by atoms with Crippen molar-refractivity contribution >= 4 is 6.29 Å². The first-order chi connectivity index (χ1) is 10.6. The molecule has 1 aliphatic rings. The standard InChI is InChI=1S/C20H22O2/c1-13-16-4-6-18-10-20(22-3)11-19(14(18)2)7-5-17(13)9-15(8-16)12-21/h8-12H,4-7H2,1-3H3. The number of ether oxygens (including phenoxy) is 1. The summed E-state index contributed by atoms with van der Waals surface area (Å²) in [7, 11) is 1.73. The van der Waals surface area contributed by atoms with Crippen molar-refractivity contribution in [3.63, 3.8) is 0 Å². The van der Waals surface area contributed by atoms with Crippen LogP contribution >= 0.6 is 0 Å². The Labute approximate surface area is 132 Å². The minimum absolute atomic E-state index is 0.800. The van der Waals surface area contributed by atoms with Gasteiger partial charge in [0, 0.05) is 5.56 Å². The molecular formula is C20H22O2. The predicted octanol–water partition coefficient (Wildman–Crippen LogP) is 4.01. The van der Waals surface area contributed by atoms with Gasteiger partial charge in [0.15, 0.2) is 0 Å². The third-order valence-electron chi connectivity index (χ3n) is 4.94. The number of benzene rings is 2. The molecule has 2 aromatic carbocycles. The Balaban J connectivity index is 2.09. The predicted molar refractivity (Wildman–Crippen MR) is 89.1 cm³/mol. The van der Waals surface area contributed by atoms with Crippen LogP contribution < -0.4 is 4.74 Å². The summed E-state index contributed by atoms with van der Waals surface area (Å²) in [4.78, 5) is 11.2. The molecule has 3 rings (SSSR count). The van der Waals surface area contributed by atoms with Crippen LogP contribution in [0.3, 0.4) is 0 Å². The molecule has 0 aliphatic heterocycles. The lowest BCUT2D eigenvalue weighted by molar-refractivity contribution is 0.112. The molecule has 0 amide bonds. The minimum Gasteiger partial charge on any atom is -0.497 e. The third kappa shape index (κ3) is 2.66. The first-order valence-corrected chi connectivity index (χ1v) is 7.86. The fraction of sp³-hybridized carbons (Fsp3) is 0.350. The molecule has 2 heteroatoms. The van der Waals surface area contributed by atoms with Crippen molar-refractivity contribution < 1.29 is 9.53 Å². The van der Waals surface area contributed by atoms with Crippen LogP contribution in [-0.4, -0.2) is 13.4 Å². The van der Waals surface area contributed by atoms with Gasteiger partial charge in [0.1, 0.15) is 12.0 Å². The van der Waals surface area contributed by atoms with Crippen LogP contribution in [0, 0.1) is 13.8 Å². The summed E-state index contributed by atoms with van der Waals surface area (Å²) in [5, 5.41) is 0. The molecule has 0 fully saturated rings. The molecule has 22 heavy (non-hydrogen) atoms. The number of aryl methyl sites for hydroxylation is 4. The molecule has 0 saturated heterocycles. The highest BCUT2D eigenvalue weighted by Crippen LogP contribution is 2.28. The molecule has 0 atom stereocenters. The Morgan fingerprint density at radius 2 is 1.23 bits per heavy atom. The molecule has 2 nitrogen and oxygen atoms in total. The summed E-state index contributed by atoms with van der Waals surface area (Å²) >= 11 is 0. The Hall–Kier alpha value is -2.09. The molecule has 4 bridgehead atoms. The van der Waals surface area contributed by atoms with Crippen molar-refractivity contribution in [3.05, 3.63) is 63.2 Å². The zero-order valence-corrected chi connectivity index (χ0v) is 13.5. The molecule has 0 spiro atoms. The SMILES string of the molecule is COc1cc2c(C)c(c1)CCc1cc(C=O)cc(c1C)CC2. The zero-order chi connectivity index (χ0) is 15.7. The van der Waals surface area contributed by atoms with Crippen LogP contribution in [-0.2, 0) is 25.7 Å². The van der Waals surface area contributed by atoms with Crippen molar-refractivity contribution in [3.8, 4) is 5.75 Å². The maximum Gasteiger partial charge on any atom is 0.150 e. The number of carbonyl (C=O) groups is 1. The monoisotopic (exact) mass is 294 g/mol. The number of fused-ring (bicyclic) bond motifs is 4. The molecule has 0 unspecified atom stereocenters. The fourth-order valence-corrected chi connectivity index (χ4v) is 3.44. The second kappa shape index (κ2) is 5.96. The van der Waals surface area contributed by atoms with Gasteiger partial charge in [-0.25, -0.2) is 0 Å². The lowest BCUT2D eigenvalue weighted by atomic mass is 9.87. The molecule has 2 aromatic rings. The van der Waals surface area contributed by atoms with Crippen LogP contribution in [0.1, 0.15) is 43.7 Å². The molecule has 0 aromatic heterocycles. The van der Waals surface area contributed by atoms with E-state index in [0.717, 1.165) is 43.3 Å². The van der Waals surface area contributed by atoms with E-state index in [-0.39, 0.29) is 0 Å². The quantitative estimate of drug-likeness (QED) is 0.782. The van der Waals surface area contributed by atoms with Crippen molar-refractivity contribution in [2.24, 2.45) is 0 Å². The molecule has 0 radical (unpaired) electrons. The summed E-state index contributed by atoms with van der Waals surface area (Å²) < 4.78 is 5.46. The number of carbonyl (C=O) groups excluding carboxylic acids is 1. The summed E-state index contributed by atoms with van der Waals surface area (Å²) in [6.45, 7) is 4.40. The van der Waals surface area contributed by atoms with E-state index in [2.05, 4.69) is 26.0 Å². The first-order valence-electron chi connectivity index (χ1n) is 7.86. The Morgan fingerprint density at radius 1 is 0.818 bits per heavy atom. The average Bonchev–Trinajstić information content (AvgIpc) is 2.53. The van der Waals surface area contributed by atoms with Crippen molar-refractivity contribution in [1.82, 2.24) is 0 Å². The molecule has 114 valence electrons. The number of methoxy groups -OCH3 is 1. The van der Waals surface area contributed by atoms with Crippen LogP contribution in [0.15, 0.2) is 24.3 Å². The summed E-state index contributed by atoms with van der Waals surface area (Å²) in [5.41, 5.74) is 8.84. The van der Waals surface area contributed by atoms with Gasteiger partial charge in [-0.05, 0) is 97.2 Å². The number of hydrogen-bond acceptors (Lipinski definition) is 2. The lowest BCUT2D eigenvalue weighted by Gasteiger charge is -2.19. The van der Waals surface area contributed by atoms with Gasteiger partial charge in [-0.2, -0.15) is 0 Å². The van der Waals surface area contributed by atoms with Gasteiger partial charge in [-0.1, -0.05) is 0 Å². The van der Waals surface area contributed by atoms with Gasteiger partial charge < -0.3 is 4.74 Å². The highest BCUT2D eigenvalue weighted by molar-refractivity contribution is 5.76. The third-order valence-corrected chi connectivity index (χ3v) is 4.94. The van der Waals surface area contributed by atoms with E-state index in [1.165, 1.54) is 33.4 Å². The second-order valence-electron chi connectivity index (χ2n) is 6.15. The smallest absolute Gasteiger partial charge is 0.150 e. The number of hydrogen-bond donors (Lipinski definition) is 0. The first kappa shape index (κ1) is 14.8. The van der Waals surface area contributed by atoms with Gasteiger partial charge >= 0.3 is 0 Å². The van der Waals surface area contributed by atoms with Crippen LogP contribution in [0.25, 0.3) is 0 Å². The second-order valence-corrected chi connectivity index (χ2v) is 6.15. The van der Waals surface area contributed by atoms with E-state index < -0.39 is 0 Å². The average molecular weight is 294 g/mol. The number of rotatable bonds is 2. The maximum atomic E-state index is 11.2. The summed E-state index contributed by atoms with van der Waals surface area (Å²) in [6.07, 6.45) is 4.87. The fourth-order valence-electron chi connectivity index (χ4n) is 3.44. The maximum absolute atomic E-state index is 11.2. The molecule has 0 saturated carbocycles. The van der Waals surface area contributed by atoms with E-state index >= 15 is 0 Å². The van der Waals surface area contributed by atoms with Gasteiger partial charge in [0.05, 0.1) is 7.11 Å². The molecule has 1 aliphatic carbocycles. The van der Waals surface area contributed by atoms with Gasteiger partial charge in [-0.3, -0.25) is 4.79 Å².